The summed E-state index contributed by atoms with van der Waals surface area (Å²) in [6.45, 7) is 5.41. The van der Waals surface area contributed by atoms with E-state index in [1.54, 1.807) is 37.7 Å². The summed E-state index contributed by atoms with van der Waals surface area (Å²) in [7, 11) is 0. The lowest BCUT2D eigenvalue weighted by molar-refractivity contribution is -0.145. The summed E-state index contributed by atoms with van der Waals surface area (Å²) >= 11 is 0. The average molecular weight is 403 g/mol. The van der Waals surface area contributed by atoms with Gasteiger partial charge in [0.1, 0.15) is 11.8 Å². The second-order valence-electron chi connectivity index (χ2n) is 7.80. The van der Waals surface area contributed by atoms with Gasteiger partial charge in [-0.15, -0.1) is 0 Å². The first-order chi connectivity index (χ1) is 14.3. The quantitative estimate of drug-likeness (QED) is 0.325. The molecular weight excluding hydrogens is 378 g/mol. The number of benzene rings is 2. The van der Waals surface area contributed by atoms with E-state index < -0.39 is 11.6 Å². The van der Waals surface area contributed by atoms with Crippen molar-refractivity contribution in [2.45, 2.75) is 39.2 Å². The summed E-state index contributed by atoms with van der Waals surface area (Å²) in [6.07, 6.45) is 5.35. The Labute approximate surface area is 176 Å². The van der Waals surface area contributed by atoms with Crippen LogP contribution in [0.4, 0.5) is 5.69 Å². The third-order valence-electron chi connectivity index (χ3n) is 4.25. The molecule has 0 aliphatic rings. The van der Waals surface area contributed by atoms with Crippen molar-refractivity contribution >= 4 is 23.7 Å². The van der Waals surface area contributed by atoms with Crippen molar-refractivity contribution in [3.63, 3.8) is 0 Å². The lowest BCUT2D eigenvalue weighted by atomic mass is 10.1. The molecule has 0 saturated heterocycles. The molecule has 6 heteroatoms. The van der Waals surface area contributed by atoms with E-state index in [-0.39, 0.29) is 12.2 Å². The summed E-state index contributed by atoms with van der Waals surface area (Å²) in [4.78, 5) is 33.2. The Kier molecular flexibility index (Phi) is 6.57. The number of esters is 1. The van der Waals surface area contributed by atoms with Crippen LogP contribution in [-0.4, -0.2) is 33.1 Å². The van der Waals surface area contributed by atoms with Crippen molar-refractivity contribution < 1.29 is 14.3 Å². The van der Waals surface area contributed by atoms with Gasteiger partial charge in [-0.3, -0.25) is 9.36 Å². The molecule has 2 aromatic carbocycles. The van der Waals surface area contributed by atoms with Crippen LogP contribution in [0.25, 0.3) is 5.69 Å². The number of hydrogen-bond acceptors (Lipinski definition) is 5. The Morgan fingerprint density at radius 1 is 1.07 bits per heavy atom. The number of aromatic nitrogens is 2. The number of rotatable bonds is 7. The minimum absolute atomic E-state index is 0.0604. The fourth-order valence-corrected chi connectivity index (χ4v) is 2.97. The van der Waals surface area contributed by atoms with Crippen molar-refractivity contribution in [2.24, 2.45) is 4.99 Å². The average Bonchev–Trinajstić information content (AvgIpc) is 3.20. The van der Waals surface area contributed by atoms with Gasteiger partial charge in [0.2, 0.25) is 0 Å². The van der Waals surface area contributed by atoms with E-state index in [4.69, 9.17) is 4.74 Å². The second-order valence-corrected chi connectivity index (χ2v) is 7.80. The molecule has 0 amide bonds. The maximum atomic E-state index is 12.8. The molecule has 1 aromatic heterocycles. The maximum absolute atomic E-state index is 12.8. The van der Waals surface area contributed by atoms with Crippen LogP contribution in [0, 0.1) is 0 Å². The predicted octanol–water partition coefficient (Wildman–Crippen LogP) is 4.73. The fourth-order valence-electron chi connectivity index (χ4n) is 2.97. The van der Waals surface area contributed by atoms with Crippen LogP contribution >= 0.6 is 0 Å². The molecule has 0 unspecified atom stereocenters. The third kappa shape index (κ3) is 5.73. The monoisotopic (exact) mass is 403 g/mol. The largest absolute Gasteiger partial charge is 0.456 e. The van der Waals surface area contributed by atoms with Crippen LogP contribution in [0.2, 0.25) is 0 Å². The molecule has 30 heavy (non-hydrogen) atoms. The normalized spacial score (nSPS) is 11.6. The van der Waals surface area contributed by atoms with E-state index in [9.17, 15) is 9.59 Å². The Bertz CT molecular complexity index is 1050. The van der Waals surface area contributed by atoms with Gasteiger partial charge in [0.15, 0.2) is 11.6 Å². The van der Waals surface area contributed by atoms with Gasteiger partial charge in [0, 0.05) is 24.5 Å². The molecule has 1 heterocycles. The minimum atomic E-state index is -0.574. The fraction of sp³-hybridized carbons (Fsp3) is 0.250. The number of para-hydroxylation sites is 2. The molecule has 3 aromatic rings. The summed E-state index contributed by atoms with van der Waals surface area (Å²) in [5.41, 5.74) is 1.84. The van der Waals surface area contributed by atoms with Gasteiger partial charge < -0.3 is 4.74 Å². The number of aryl methyl sites for hydroxylation is 1. The molecule has 0 fully saturated rings. The Balaban J connectivity index is 1.70. The van der Waals surface area contributed by atoms with Crippen LogP contribution in [0.5, 0.6) is 0 Å². The zero-order valence-corrected chi connectivity index (χ0v) is 17.4. The summed E-state index contributed by atoms with van der Waals surface area (Å²) in [5, 5.41) is 0. The number of Topliss-reactive ketones (excluding diaryl/α,β-unsaturated/α-hetero) is 1. The second kappa shape index (κ2) is 9.31. The molecule has 0 spiro atoms. The van der Waals surface area contributed by atoms with Gasteiger partial charge >= 0.3 is 5.97 Å². The van der Waals surface area contributed by atoms with E-state index >= 15 is 0 Å². The molecule has 0 bridgehead atoms. The van der Waals surface area contributed by atoms with Crippen LogP contribution in [-0.2, 0) is 16.0 Å². The lowest BCUT2D eigenvalue weighted by Crippen LogP contribution is -2.24. The van der Waals surface area contributed by atoms with Gasteiger partial charge in [-0.05, 0) is 51.0 Å². The van der Waals surface area contributed by atoms with Gasteiger partial charge in [0.05, 0.1) is 5.69 Å². The number of carbonyl (C=O) groups is 2. The SMILES string of the molecule is CC(C)(C)OC(=O)/C=N/c1ccccc1CCC(=O)c1nccn1-c1ccccc1. The zero-order valence-electron chi connectivity index (χ0n) is 17.4. The molecular formula is C24H25N3O3. The van der Waals surface area contributed by atoms with Crippen molar-refractivity contribution in [3.05, 3.63) is 78.4 Å². The number of nitrogens with zero attached hydrogens (tertiary/aromatic N) is 3. The molecule has 0 aliphatic heterocycles. The van der Waals surface area contributed by atoms with Gasteiger partial charge in [-0.25, -0.2) is 14.8 Å². The lowest BCUT2D eigenvalue weighted by Gasteiger charge is -2.17. The first kappa shape index (κ1) is 21.2. The third-order valence-corrected chi connectivity index (χ3v) is 4.25. The first-order valence-electron chi connectivity index (χ1n) is 9.80. The van der Waals surface area contributed by atoms with Crippen molar-refractivity contribution in [1.29, 1.82) is 0 Å². The Hall–Kier alpha value is -3.54. The molecule has 0 atom stereocenters. The minimum Gasteiger partial charge on any atom is -0.456 e. The molecule has 154 valence electrons. The summed E-state index contributed by atoms with van der Waals surface area (Å²) < 4.78 is 7.03. The molecule has 0 radical (unpaired) electrons. The predicted molar refractivity (Wildman–Crippen MR) is 117 cm³/mol. The van der Waals surface area contributed by atoms with E-state index in [0.717, 1.165) is 11.3 Å². The topological polar surface area (TPSA) is 73.6 Å². The summed E-state index contributed by atoms with van der Waals surface area (Å²) in [6, 6.07) is 17.1. The van der Waals surface area contributed by atoms with Gasteiger partial charge in [-0.2, -0.15) is 0 Å². The highest BCUT2D eigenvalue weighted by Gasteiger charge is 2.16. The van der Waals surface area contributed by atoms with Gasteiger partial charge in [0.25, 0.3) is 0 Å². The Morgan fingerprint density at radius 2 is 1.77 bits per heavy atom. The van der Waals surface area contributed by atoms with Crippen LogP contribution in [0.3, 0.4) is 0 Å². The van der Waals surface area contributed by atoms with Crippen LogP contribution in [0.15, 0.2) is 72.0 Å². The number of ketones is 1. The number of imidazole rings is 1. The van der Waals surface area contributed by atoms with E-state index in [1.165, 1.54) is 6.21 Å². The van der Waals surface area contributed by atoms with Crippen LogP contribution in [0.1, 0.15) is 43.4 Å². The van der Waals surface area contributed by atoms with Crippen LogP contribution < -0.4 is 0 Å². The highest BCUT2D eigenvalue weighted by Crippen LogP contribution is 2.21. The highest BCUT2D eigenvalue weighted by molar-refractivity contribution is 6.23. The molecule has 3 rings (SSSR count). The summed E-state index contributed by atoms with van der Waals surface area (Å²) in [5.74, 6) is -0.163. The highest BCUT2D eigenvalue weighted by atomic mass is 16.6. The molecule has 0 aliphatic carbocycles. The number of ether oxygens (including phenoxy) is 1. The molecule has 0 saturated carbocycles. The van der Waals surface area contributed by atoms with Gasteiger partial charge in [-0.1, -0.05) is 36.4 Å². The molecule has 0 N–H and O–H groups in total. The zero-order chi connectivity index (χ0) is 21.6. The Morgan fingerprint density at radius 3 is 2.50 bits per heavy atom. The van der Waals surface area contributed by atoms with Crippen molar-refractivity contribution in [3.8, 4) is 5.69 Å². The maximum Gasteiger partial charge on any atom is 0.349 e. The number of carbonyl (C=O) groups excluding carboxylic acids is 2. The van der Waals surface area contributed by atoms with Crippen molar-refractivity contribution in [1.82, 2.24) is 9.55 Å². The molecule has 6 nitrogen and oxygen atoms in total. The smallest absolute Gasteiger partial charge is 0.349 e. The van der Waals surface area contributed by atoms with E-state index in [2.05, 4.69) is 9.98 Å². The number of aliphatic imine (C=N–C) groups is 1. The first-order valence-corrected chi connectivity index (χ1v) is 9.80. The van der Waals surface area contributed by atoms with E-state index in [1.807, 2.05) is 54.6 Å². The van der Waals surface area contributed by atoms with Crippen molar-refractivity contribution in [2.75, 3.05) is 0 Å². The van der Waals surface area contributed by atoms with E-state index in [0.29, 0.717) is 17.9 Å². The standard InChI is InChI=1S/C24H25N3O3/c1-24(2,3)30-22(29)17-26-20-12-8-7-9-18(20)13-14-21(28)23-25-15-16-27(23)19-10-5-4-6-11-19/h4-12,15-17H,13-14H2,1-3H3/b26-17+. The number of hydrogen-bond donors (Lipinski definition) is 0.